The van der Waals surface area contributed by atoms with E-state index in [-0.39, 0.29) is 6.04 Å². The van der Waals surface area contributed by atoms with E-state index in [1.807, 2.05) is 24.3 Å². The molecule has 0 saturated heterocycles. The van der Waals surface area contributed by atoms with Crippen molar-refractivity contribution in [3.05, 3.63) is 65.4 Å². The molecule has 0 bridgehead atoms. The maximum Gasteiger partial charge on any atom is 0.128 e. The lowest BCUT2D eigenvalue weighted by Gasteiger charge is -2.34. The van der Waals surface area contributed by atoms with Gasteiger partial charge in [-0.25, -0.2) is 8.51 Å². The fraction of sp³-hybridized carbons (Fsp3) is 0.364. The number of H-pyrrole nitrogens is 1. The second kappa shape index (κ2) is 7.37. The molecular formula is C22H26N2OS. The number of para-hydroxylation sites is 1. The monoisotopic (exact) mass is 366 g/mol. The zero-order valence-electron chi connectivity index (χ0n) is 15.5. The first-order chi connectivity index (χ1) is 12.7. The van der Waals surface area contributed by atoms with E-state index >= 15 is 0 Å². The van der Waals surface area contributed by atoms with Gasteiger partial charge in [-0.05, 0) is 43.5 Å². The van der Waals surface area contributed by atoms with E-state index in [9.17, 15) is 4.21 Å². The summed E-state index contributed by atoms with van der Waals surface area (Å²) in [5.41, 5.74) is 5.08. The van der Waals surface area contributed by atoms with Gasteiger partial charge in [-0.3, -0.25) is 0 Å². The van der Waals surface area contributed by atoms with E-state index < -0.39 is 11.0 Å². The van der Waals surface area contributed by atoms with Crippen molar-refractivity contribution < 1.29 is 4.21 Å². The first kappa shape index (κ1) is 17.5. The van der Waals surface area contributed by atoms with Gasteiger partial charge in [0, 0.05) is 23.1 Å². The van der Waals surface area contributed by atoms with Gasteiger partial charge in [-0.2, -0.15) is 0 Å². The minimum atomic E-state index is -1.13. The maximum atomic E-state index is 13.3. The van der Waals surface area contributed by atoms with Crippen molar-refractivity contribution in [2.75, 3.05) is 6.54 Å². The normalized spacial score (nSPS) is 18.8. The highest BCUT2D eigenvalue weighted by Gasteiger charge is 2.33. The van der Waals surface area contributed by atoms with Crippen molar-refractivity contribution in [1.29, 1.82) is 0 Å². The van der Waals surface area contributed by atoms with Crippen LogP contribution in [0, 0.1) is 6.92 Å². The van der Waals surface area contributed by atoms with Crippen molar-refractivity contribution in [3.8, 4) is 0 Å². The van der Waals surface area contributed by atoms with Crippen LogP contribution in [0.4, 0.5) is 0 Å². The van der Waals surface area contributed by atoms with Gasteiger partial charge in [0.15, 0.2) is 0 Å². The number of aromatic amines is 1. The number of aryl methyl sites for hydroxylation is 1. The number of nitrogens with zero attached hydrogens (tertiary/aromatic N) is 1. The lowest BCUT2D eigenvalue weighted by Crippen LogP contribution is -2.36. The first-order valence-electron chi connectivity index (χ1n) is 9.53. The molecule has 3 aromatic rings. The van der Waals surface area contributed by atoms with Gasteiger partial charge in [-0.1, -0.05) is 55.7 Å². The molecule has 136 valence electrons. The van der Waals surface area contributed by atoms with E-state index in [0.29, 0.717) is 0 Å². The molecule has 2 heterocycles. The summed E-state index contributed by atoms with van der Waals surface area (Å²) in [5.74, 6) is 0. The Balaban J connectivity index is 1.73. The van der Waals surface area contributed by atoms with Crippen LogP contribution in [0.1, 0.15) is 49.0 Å². The zero-order valence-corrected chi connectivity index (χ0v) is 16.3. The SMILES string of the molecule is CCCCC1c2[nH]c3ccccc3c2CCN1S(=O)c1ccc(C)cc1. The molecule has 0 spiro atoms. The number of fused-ring (bicyclic) bond motifs is 3. The number of unbranched alkanes of at least 4 members (excludes halogenated alkanes) is 1. The molecule has 4 heteroatoms. The highest BCUT2D eigenvalue weighted by molar-refractivity contribution is 7.82. The van der Waals surface area contributed by atoms with Crippen molar-refractivity contribution >= 4 is 21.9 Å². The lowest BCUT2D eigenvalue weighted by atomic mass is 9.96. The molecule has 0 amide bonds. The molecule has 4 rings (SSSR count). The number of benzene rings is 2. The smallest absolute Gasteiger partial charge is 0.128 e. The topological polar surface area (TPSA) is 36.1 Å². The van der Waals surface area contributed by atoms with Crippen LogP contribution in [0.5, 0.6) is 0 Å². The van der Waals surface area contributed by atoms with E-state index in [1.54, 1.807) is 0 Å². The Morgan fingerprint density at radius 3 is 2.69 bits per heavy atom. The van der Waals surface area contributed by atoms with Crippen LogP contribution in [-0.2, 0) is 17.4 Å². The summed E-state index contributed by atoms with van der Waals surface area (Å²) in [6.07, 6.45) is 4.27. The molecule has 0 radical (unpaired) electrons. The molecule has 2 unspecified atom stereocenters. The van der Waals surface area contributed by atoms with Crippen molar-refractivity contribution in [3.63, 3.8) is 0 Å². The number of nitrogens with one attached hydrogen (secondary N) is 1. The van der Waals surface area contributed by atoms with Gasteiger partial charge < -0.3 is 4.98 Å². The predicted molar refractivity (Wildman–Crippen MR) is 109 cm³/mol. The van der Waals surface area contributed by atoms with Crippen LogP contribution in [-0.4, -0.2) is 20.0 Å². The van der Waals surface area contributed by atoms with Crippen LogP contribution < -0.4 is 0 Å². The summed E-state index contributed by atoms with van der Waals surface area (Å²) in [5, 5.41) is 1.32. The molecular weight excluding hydrogens is 340 g/mol. The first-order valence-corrected chi connectivity index (χ1v) is 10.6. The molecule has 2 aromatic carbocycles. The van der Waals surface area contributed by atoms with Gasteiger partial charge in [0.25, 0.3) is 0 Å². The summed E-state index contributed by atoms with van der Waals surface area (Å²) >= 11 is 0. The second-order valence-electron chi connectivity index (χ2n) is 7.17. The molecule has 1 aliphatic heterocycles. The van der Waals surface area contributed by atoms with Crippen LogP contribution in [0.25, 0.3) is 10.9 Å². The van der Waals surface area contributed by atoms with Gasteiger partial charge in [0.2, 0.25) is 0 Å². The Bertz CT molecular complexity index is 929. The Morgan fingerprint density at radius 2 is 1.92 bits per heavy atom. The minimum absolute atomic E-state index is 0.188. The lowest BCUT2D eigenvalue weighted by molar-refractivity contribution is 0.299. The highest BCUT2D eigenvalue weighted by Crippen LogP contribution is 2.38. The van der Waals surface area contributed by atoms with Crippen LogP contribution in [0.3, 0.4) is 0 Å². The third-order valence-corrected chi connectivity index (χ3v) is 6.91. The Hall–Kier alpha value is -1.91. The van der Waals surface area contributed by atoms with Crippen LogP contribution in [0.2, 0.25) is 0 Å². The quantitative estimate of drug-likeness (QED) is 0.654. The van der Waals surface area contributed by atoms with Gasteiger partial charge >= 0.3 is 0 Å². The number of aromatic nitrogens is 1. The molecule has 2 atom stereocenters. The summed E-state index contributed by atoms with van der Waals surface area (Å²) in [6, 6.07) is 16.8. The molecule has 26 heavy (non-hydrogen) atoms. The molecule has 0 aliphatic carbocycles. The number of hydrogen-bond donors (Lipinski definition) is 1. The Morgan fingerprint density at radius 1 is 1.15 bits per heavy atom. The van der Waals surface area contributed by atoms with Crippen LogP contribution >= 0.6 is 0 Å². The predicted octanol–water partition coefficient (Wildman–Crippen LogP) is 5.29. The third kappa shape index (κ3) is 3.12. The fourth-order valence-electron chi connectivity index (χ4n) is 3.97. The Kier molecular flexibility index (Phi) is 4.96. The maximum absolute atomic E-state index is 13.3. The summed E-state index contributed by atoms with van der Waals surface area (Å²) in [4.78, 5) is 4.54. The molecule has 0 fully saturated rings. The number of hydrogen-bond acceptors (Lipinski definition) is 1. The van der Waals surface area contributed by atoms with E-state index in [2.05, 4.69) is 47.4 Å². The van der Waals surface area contributed by atoms with Crippen molar-refractivity contribution in [2.45, 2.75) is 50.5 Å². The summed E-state index contributed by atoms with van der Waals surface area (Å²) in [7, 11) is -1.13. The second-order valence-corrected chi connectivity index (χ2v) is 8.61. The molecule has 1 aromatic heterocycles. The van der Waals surface area contributed by atoms with E-state index in [1.165, 1.54) is 27.7 Å². The van der Waals surface area contributed by atoms with E-state index in [4.69, 9.17) is 0 Å². The standard InChI is InChI=1S/C22H26N2OS/c1-3-4-9-21-22-19(18-7-5-6-8-20(18)23-22)14-15-24(21)26(25)17-12-10-16(2)11-13-17/h5-8,10-13,21,23H,3-4,9,14-15H2,1-2H3. The Labute approximate surface area is 158 Å². The molecule has 3 nitrogen and oxygen atoms in total. The molecule has 1 aliphatic rings. The van der Waals surface area contributed by atoms with Gasteiger partial charge in [0.1, 0.15) is 11.0 Å². The summed E-state index contributed by atoms with van der Waals surface area (Å²) < 4.78 is 15.5. The third-order valence-electron chi connectivity index (χ3n) is 5.38. The van der Waals surface area contributed by atoms with Gasteiger partial charge in [0.05, 0.1) is 10.9 Å². The van der Waals surface area contributed by atoms with E-state index in [0.717, 1.165) is 37.1 Å². The van der Waals surface area contributed by atoms with Crippen molar-refractivity contribution in [2.24, 2.45) is 0 Å². The van der Waals surface area contributed by atoms with Crippen molar-refractivity contribution in [1.82, 2.24) is 9.29 Å². The highest BCUT2D eigenvalue weighted by atomic mass is 32.2. The number of rotatable bonds is 5. The zero-order chi connectivity index (χ0) is 18.1. The van der Waals surface area contributed by atoms with Crippen LogP contribution in [0.15, 0.2) is 53.4 Å². The average Bonchev–Trinajstić information content (AvgIpc) is 3.05. The fourth-order valence-corrected chi connectivity index (χ4v) is 5.31. The average molecular weight is 367 g/mol. The largest absolute Gasteiger partial charge is 0.357 e. The molecule has 0 saturated carbocycles. The summed E-state index contributed by atoms with van der Waals surface area (Å²) in [6.45, 7) is 5.12. The van der Waals surface area contributed by atoms with Gasteiger partial charge in [-0.15, -0.1) is 0 Å². The molecule has 1 N–H and O–H groups in total. The minimum Gasteiger partial charge on any atom is -0.357 e.